The lowest BCUT2D eigenvalue weighted by atomic mass is 9.73. The van der Waals surface area contributed by atoms with Crippen molar-refractivity contribution in [1.82, 2.24) is 4.57 Å². The number of carbonyl (C=O) groups is 1. The van der Waals surface area contributed by atoms with Gasteiger partial charge in [-0.2, -0.15) is 0 Å². The van der Waals surface area contributed by atoms with E-state index in [-0.39, 0.29) is 29.0 Å². The highest BCUT2D eigenvalue weighted by Crippen LogP contribution is 2.48. The second-order valence-corrected chi connectivity index (χ2v) is 9.59. The van der Waals surface area contributed by atoms with Crippen LogP contribution in [-0.4, -0.2) is 23.8 Å². The number of rotatable bonds is 6. The number of halogens is 2. The summed E-state index contributed by atoms with van der Waals surface area (Å²) in [4.78, 5) is 25.3. The van der Waals surface area contributed by atoms with Crippen LogP contribution >= 0.6 is 0 Å². The maximum absolute atomic E-state index is 14.0. The highest BCUT2D eigenvalue weighted by molar-refractivity contribution is 5.89. The van der Waals surface area contributed by atoms with Crippen molar-refractivity contribution in [2.45, 2.75) is 70.3 Å². The van der Waals surface area contributed by atoms with Gasteiger partial charge in [-0.25, -0.2) is 13.6 Å². The van der Waals surface area contributed by atoms with E-state index < -0.39 is 17.8 Å². The normalized spacial score (nSPS) is 18.7. The van der Waals surface area contributed by atoms with Gasteiger partial charge in [0.15, 0.2) is 5.43 Å². The fraction of sp³-hybridized carbons (Fsp3) is 0.538. The van der Waals surface area contributed by atoms with Crippen LogP contribution in [0, 0.1) is 5.92 Å². The minimum absolute atomic E-state index is 0.00697. The van der Waals surface area contributed by atoms with Crippen LogP contribution in [0.3, 0.4) is 0 Å². The zero-order valence-electron chi connectivity index (χ0n) is 18.9. The van der Waals surface area contributed by atoms with Crippen molar-refractivity contribution in [1.29, 1.82) is 0 Å². The fourth-order valence-electron chi connectivity index (χ4n) is 5.37. The van der Waals surface area contributed by atoms with E-state index >= 15 is 0 Å². The molecule has 0 radical (unpaired) electrons. The van der Waals surface area contributed by atoms with Gasteiger partial charge in [0.1, 0.15) is 11.3 Å². The smallest absolute Gasteiger partial charge is 0.343 e. The van der Waals surface area contributed by atoms with Gasteiger partial charge in [-0.1, -0.05) is 19.3 Å². The molecule has 3 aliphatic rings. The van der Waals surface area contributed by atoms with Crippen molar-refractivity contribution in [2.24, 2.45) is 5.92 Å². The number of hydrogen-bond acceptors (Lipinski definition) is 4. The first-order chi connectivity index (χ1) is 15.9. The summed E-state index contributed by atoms with van der Waals surface area (Å²) in [5.41, 5.74) is 1.23. The lowest BCUT2D eigenvalue weighted by Gasteiger charge is -2.45. The van der Waals surface area contributed by atoms with Crippen LogP contribution in [0.25, 0.3) is 11.3 Å². The largest absolute Gasteiger partial charge is 0.493 e. The summed E-state index contributed by atoms with van der Waals surface area (Å²) in [6.07, 6.45) is 6.75. The number of ether oxygens (including phenoxy) is 2. The molecule has 0 N–H and O–H groups in total. The van der Waals surface area contributed by atoms with E-state index in [1.54, 1.807) is 19.2 Å². The molecule has 0 atom stereocenters. The van der Waals surface area contributed by atoms with Gasteiger partial charge in [-0.05, 0) is 62.6 Å². The van der Waals surface area contributed by atoms with Gasteiger partial charge in [0.2, 0.25) is 0 Å². The van der Waals surface area contributed by atoms with Crippen molar-refractivity contribution in [3.05, 3.63) is 51.3 Å². The number of esters is 1. The van der Waals surface area contributed by atoms with Gasteiger partial charge < -0.3 is 14.0 Å². The molecule has 2 aromatic rings. The van der Waals surface area contributed by atoms with Crippen molar-refractivity contribution in [2.75, 3.05) is 13.2 Å². The minimum Gasteiger partial charge on any atom is -0.493 e. The SMILES string of the molecule is CCOC(=O)c1cn2c(cc1=O)-c1cc(C(F)F)c(OCC3CC3)cc1CC21CCCCC1. The first-order valence-electron chi connectivity index (χ1n) is 11.9. The Morgan fingerprint density at radius 1 is 1.18 bits per heavy atom. The lowest BCUT2D eigenvalue weighted by Crippen LogP contribution is -2.42. The molecule has 33 heavy (non-hydrogen) atoms. The Morgan fingerprint density at radius 2 is 1.94 bits per heavy atom. The van der Waals surface area contributed by atoms with Crippen molar-refractivity contribution in [3.63, 3.8) is 0 Å². The molecule has 176 valence electrons. The Balaban J connectivity index is 1.67. The molecule has 1 aliphatic heterocycles. The maximum atomic E-state index is 14.0. The topological polar surface area (TPSA) is 57.5 Å². The molecule has 0 unspecified atom stereocenters. The third-order valence-electron chi connectivity index (χ3n) is 7.28. The molecular formula is C26H29F2NO4. The van der Waals surface area contributed by atoms with E-state index in [1.807, 2.05) is 4.57 Å². The summed E-state index contributed by atoms with van der Waals surface area (Å²) in [5.74, 6) is 0.0593. The van der Waals surface area contributed by atoms with E-state index in [0.29, 0.717) is 30.2 Å². The summed E-state index contributed by atoms with van der Waals surface area (Å²) in [5, 5.41) is 0. The summed E-state index contributed by atoms with van der Waals surface area (Å²) in [6, 6.07) is 4.66. The number of fused-ring (bicyclic) bond motifs is 4. The Kier molecular flexibility index (Phi) is 5.75. The van der Waals surface area contributed by atoms with Gasteiger partial charge in [0.05, 0.1) is 24.5 Å². The van der Waals surface area contributed by atoms with Crippen LogP contribution in [0.2, 0.25) is 0 Å². The lowest BCUT2D eigenvalue weighted by molar-refractivity contribution is 0.0522. The van der Waals surface area contributed by atoms with E-state index in [4.69, 9.17) is 9.47 Å². The summed E-state index contributed by atoms with van der Waals surface area (Å²) in [7, 11) is 0. The molecule has 2 heterocycles. The molecule has 1 aromatic heterocycles. The van der Waals surface area contributed by atoms with Crippen molar-refractivity contribution in [3.8, 4) is 17.0 Å². The summed E-state index contributed by atoms with van der Waals surface area (Å²) < 4.78 is 40.9. The van der Waals surface area contributed by atoms with Gasteiger partial charge >= 0.3 is 5.97 Å². The van der Waals surface area contributed by atoms with Gasteiger partial charge in [0, 0.05) is 23.4 Å². The zero-order chi connectivity index (χ0) is 23.2. The van der Waals surface area contributed by atoms with E-state index in [1.165, 1.54) is 12.1 Å². The van der Waals surface area contributed by atoms with Crippen LogP contribution in [-0.2, 0) is 16.7 Å². The first-order valence-corrected chi connectivity index (χ1v) is 11.9. The zero-order valence-corrected chi connectivity index (χ0v) is 18.9. The quantitative estimate of drug-likeness (QED) is 0.527. The molecule has 0 amide bonds. The third-order valence-corrected chi connectivity index (χ3v) is 7.28. The highest BCUT2D eigenvalue weighted by Gasteiger charge is 2.40. The average Bonchev–Trinajstić information content (AvgIpc) is 3.62. The number of benzene rings is 1. The van der Waals surface area contributed by atoms with Crippen LogP contribution in [0.4, 0.5) is 8.78 Å². The Labute approximate surface area is 191 Å². The minimum atomic E-state index is -2.69. The molecule has 2 aliphatic carbocycles. The number of pyridine rings is 1. The number of aromatic nitrogens is 1. The predicted octanol–water partition coefficient (Wildman–Crippen LogP) is 5.63. The molecule has 0 saturated heterocycles. The monoisotopic (exact) mass is 457 g/mol. The molecule has 1 aromatic carbocycles. The molecule has 7 heteroatoms. The second-order valence-electron chi connectivity index (χ2n) is 9.59. The number of carbonyl (C=O) groups excluding carboxylic acids is 1. The molecule has 2 saturated carbocycles. The number of alkyl halides is 2. The molecule has 0 bridgehead atoms. The number of nitrogens with zero attached hydrogens (tertiary/aromatic N) is 1. The van der Waals surface area contributed by atoms with Crippen LogP contribution < -0.4 is 10.2 Å². The van der Waals surface area contributed by atoms with Gasteiger partial charge in [0.25, 0.3) is 6.43 Å². The average molecular weight is 458 g/mol. The van der Waals surface area contributed by atoms with Crippen molar-refractivity contribution < 1.29 is 23.0 Å². The highest BCUT2D eigenvalue weighted by atomic mass is 19.3. The molecule has 5 nitrogen and oxygen atoms in total. The standard InChI is InChI=1S/C26H29F2NO4/c1-2-32-25(31)20-14-29-21(12-22(20)30)18-11-19(24(27)28)23(33-15-16-6-7-16)10-17(18)13-26(29)8-4-3-5-9-26/h10-12,14,16,24H,2-9,13,15H2,1H3. The Bertz CT molecular complexity index is 1130. The summed E-state index contributed by atoms with van der Waals surface area (Å²) in [6.45, 7) is 2.33. The van der Waals surface area contributed by atoms with Crippen LogP contribution in [0.1, 0.15) is 79.8 Å². The van der Waals surface area contributed by atoms with Crippen LogP contribution in [0.15, 0.2) is 29.2 Å². The van der Waals surface area contributed by atoms with Gasteiger partial charge in [-0.3, -0.25) is 4.79 Å². The van der Waals surface area contributed by atoms with Crippen molar-refractivity contribution >= 4 is 5.97 Å². The second kappa shape index (κ2) is 8.58. The van der Waals surface area contributed by atoms with E-state index in [2.05, 4.69) is 0 Å². The van der Waals surface area contributed by atoms with Crippen LogP contribution in [0.5, 0.6) is 5.75 Å². The molecule has 5 rings (SSSR count). The Hall–Kier alpha value is -2.70. The fourth-order valence-corrected chi connectivity index (χ4v) is 5.37. The predicted molar refractivity (Wildman–Crippen MR) is 120 cm³/mol. The maximum Gasteiger partial charge on any atom is 0.343 e. The Morgan fingerprint density at radius 3 is 2.61 bits per heavy atom. The molecular weight excluding hydrogens is 428 g/mol. The molecule has 1 spiro atoms. The summed E-state index contributed by atoms with van der Waals surface area (Å²) >= 11 is 0. The third kappa shape index (κ3) is 4.06. The van der Waals surface area contributed by atoms with E-state index in [0.717, 1.165) is 50.5 Å². The first kappa shape index (κ1) is 22.1. The number of hydrogen-bond donors (Lipinski definition) is 0. The molecule has 2 fully saturated rings. The van der Waals surface area contributed by atoms with E-state index in [9.17, 15) is 18.4 Å². The van der Waals surface area contributed by atoms with Gasteiger partial charge in [-0.15, -0.1) is 0 Å².